The summed E-state index contributed by atoms with van der Waals surface area (Å²) in [6.45, 7) is 7.43. The second-order valence-electron chi connectivity index (χ2n) is 2.84. The van der Waals surface area contributed by atoms with Crippen LogP contribution in [0.5, 0.6) is 5.75 Å². The molecule has 0 fully saturated rings. The standard InChI is InChI=1S/C12H14OS/c1-3-9-14-12(4-2)10-7-5-6-8-11(10)13/h3-8,12-13H,1-2,9H2. The number of aromatic hydroxyl groups is 1. The third-order valence-corrected chi connectivity index (χ3v) is 3.08. The van der Waals surface area contributed by atoms with Crippen LogP contribution in [0.3, 0.4) is 0 Å². The predicted octanol–water partition coefficient (Wildman–Crippen LogP) is 3.54. The van der Waals surface area contributed by atoms with Crippen LogP contribution in [0.2, 0.25) is 0 Å². The number of hydrogen-bond acceptors (Lipinski definition) is 2. The Morgan fingerprint density at radius 2 is 2.07 bits per heavy atom. The highest BCUT2D eigenvalue weighted by Gasteiger charge is 2.10. The zero-order valence-electron chi connectivity index (χ0n) is 8.02. The first-order chi connectivity index (χ1) is 6.79. The summed E-state index contributed by atoms with van der Waals surface area (Å²) in [5, 5.41) is 9.76. The number of hydrogen-bond donors (Lipinski definition) is 1. The van der Waals surface area contributed by atoms with E-state index in [9.17, 15) is 5.11 Å². The van der Waals surface area contributed by atoms with E-state index in [-0.39, 0.29) is 5.25 Å². The van der Waals surface area contributed by atoms with Crippen molar-refractivity contribution in [1.29, 1.82) is 0 Å². The molecule has 1 N–H and O–H groups in total. The fraction of sp³-hybridized carbons (Fsp3) is 0.167. The maximum Gasteiger partial charge on any atom is 0.120 e. The summed E-state index contributed by atoms with van der Waals surface area (Å²) in [6, 6.07) is 7.34. The van der Waals surface area contributed by atoms with E-state index < -0.39 is 0 Å². The van der Waals surface area contributed by atoms with E-state index in [2.05, 4.69) is 13.2 Å². The third kappa shape index (κ3) is 2.67. The van der Waals surface area contributed by atoms with Gasteiger partial charge in [0.1, 0.15) is 5.75 Å². The number of para-hydroxylation sites is 1. The van der Waals surface area contributed by atoms with Gasteiger partial charge in [-0.15, -0.1) is 24.9 Å². The lowest BCUT2D eigenvalue weighted by atomic mass is 10.1. The Hall–Kier alpha value is -1.15. The van der Waals surface area contributed by atoms with Crippen LogP contribution in [-0.2, 0) is 0 Å². The van der Waals surface area contributed by atoms with E-state index >= 15 is 0 Å². The van der Waals surface area contributed by atoms with E-state index in [1.165, 1.54) is 0 Å². The van der Waals surface area contributed by atoms with E-state index in [0.717, 1.165) is 11.3 Å². The maximum absolute atomic E-state index is 9.62. The largest absolute Gasteiger partial charge is 0.508 e. The molecule has 1 unspecified atom stereocenters. The van der Waals surface area contributed by atoms with E-state index in [4.69, 9.17) is 0 Å². The van der Waals surface area contributed by atoms with Gasteiger partial charge in [-0.25, -0.2) is 0 Å². The van der Waals surface area contributed by atoms with Gasteiger partial charge in [-0.2, -0.15) is 0 Å². The summed E-state index contributed by atoms with van der Waals surface area (Å²) in [5.41, 5.74) is 0.911. The van der Waals surface area contributed by atoms with Gasteiger partial charge >= 0.3 is 0 Å². The molecule has 0 spiro atoms. The average Bonchev–Trinajstić information content (AvgIpc) is 2.21. The highest BCUT2D eigenvalue weighted by Crippen LogP contribution is 2.34. The van der Waals surface area contributed by atoms with Gasteiger partial charge in [0.05, 0.1) is 5.25 Å². The summed E-state index contributed by atoms with van der Waals surface area (Å²) in [6.07, 6.45) is 3.68. The number of phenolic OH excluding ortho intramolecular Hbond substituents is 1. The Morgan fingerprint density at radius 3 is 2.64 bits per heavy atom. The van der Waals surface area contributed by atoms with Crippen LogP contribution in [0.4, 0.5) is 0 Å². The molecule has 0 saturated heterocycles. The van der Waals surface area contributed by atoms with E-state index in [1.807, 2.05) is 30.4 Å². The molecule has 1 aromatic carbocycles. The molecule has 1 atom stereocenters. The van der Waals surface area contributed by atoms with E-state index in [1.54, 1.807) is 17.8 Å². The highest BCUT2D eigenvalue weighted by molar-refractivity contribution is 7.99. The van der Waals surface area contributed by atoms with Gasteiger partial charge in [-0.3, -0.25) is 0 Å². The number of benzene rings is 1. The topological polar surface area (TPSA) is 20.2 Å². The molecule has 1 rings (SSSR count). The van der Waals surface area contributed by atoms with Gasteiger partial charge in [0.2, 0.25) is 0 Å². The minimum absolute atomic E-state index is 0.134. The predicted molar refractivity (Wildman–Crippen MR) is 63.7 cm³/mol. The molecule has 2 heteroatoms. The molecular weight excluding hydrogens is 192 g/mol. The van der Waals surface area contributed by atoms with Crippen molar-refractivity contribution < 1.29 is 5.11 Å². The van der Waals surface area contributed by atoms with Gasteiger partial charge in [0.15, 0.2) is 0 Å². The zero-order valence-corrected chi connectivity index (χ0v) is 8.83. The Bertz CT molecular complexity index is 320. The Morgan fingerprint density at radius 1 is 1.36 bits per heavy atom. The van der Waals surface area contributed by atoms with Gasteiger partial charge in [0, 0.05) is 11.3 Å². The van der Waals surface area contributed by atoms with Crippen LogP contribution in [0.1, 0.15) is 10.8 Å². The molecule has 14 heavy (non-hydrogen) atoms. The minimum Gasteiger partial charge on any atom is -0.508 e. The van der Waals surface area contributed by atoms with Crippen molar-refractivity contribution in [3.05, 3.63) is 55.1 Å². The van der Waals surface area contributed by atoms with Crippen molar-refractivity contribution in [3.63, 3.8) is 0 Å². The minimum atomic E-state index is 0.134. The van der Waals surface area contributed by atoms with Gasteiger partial charge in [-0.1, -0.05) is 30.4 Å². The molecule has 0 aromatic heterocycles. The first kappa shape index (κ1) is 10.9. The van der Waals surface area contributed by atoms with Crippen LogP contribution >= 0.6 is 11.8 Å². The quantitative estimate of drug-likeness (QED) is 0.744. The third-order valence-electron chi connectivity index (χ3n) is 1.85. The van der Waals surface area contributed by atoms with Gasteiger partial charge in [0.25, 0.3) is 0 Å². The Kier molecular flexibility index (Phi) is 4.33. The second-order valence-corrected chi connectivity index (χ2v) is 4.01. The monoisotopic (exact) mass is 206 g/mol. The van der Waals surface area contributed by atoms with Crippen molar-refractivity contribution >= 4 is 11.8 Å². The van der Waals surface area contributed by atoms with Crippen molar-refractivity contribution in [2.75, 3.05) is 5.75 Å². The van der Waals surface area contributed by atoms with E-state index in [0.29, 0.717) is 5.75 Å². The van der Waals surface area contributed by atoms with Crippen LogP contribution in [0, 0.1) is 0 Å². The average molecular weight is 206 g/mol. The molecule has 1 aromatic rings. The van der Waals surface area contributed by atoms with Gasteiger partial charge < -0.3 is 5.11 Å². The summed E-state index contributed by atoms with van der Waals surface area (Å²) in [4.78, 5) is 0. The zero-order chi connectivity index (χ0) is 10.4. The van der Waals surface area contributed by atoms with Gasteiger partial charge in [-0.05, 0) is 6.07 Å². The fourth-order valence-electron chi connectivity index (χ4n) is 1.18. The molecule has 0 aliphatic heterocycles. The molecule has 0 radical (unpaired) electrons. The van der Waals surface area contributed by atoms with Crippen LogP contribution < -0.4 is 0 Å². The van der Waals surface area contributed by atoms with Crippen LogP contribution in [-0.4, -0.2) is 10.9 Å². The lowest BCUT2D eigenvalue weighted by Crippen LogP contribution is -1.90. The Balaban J connectivity index is 2.83. The van der Waals surface area contributed by atoms with Crippen molar-refractivity contribution in [3.8, 4) is 5.75 Å². The van der Waals surface area contributed by atoms with Crippen LogP contribution in [0.25, 0.3) is 0 Å². The molecule has 0 saturated carbocycles. The number of thioether (sulfide) groups is 1. The van der Waals surface area contributed by atoms with Crippen molar-refractivity contribution in [2.45, 2.75) is 5.25 Å². The summed E-state index contributed by atoms with van der Waals surface area (Å²) in [7, 11) is 0. The maximum atomic E-state index is 9.62. The number of rotatable bonds is 5. The first-order valence-corrected chi connectivity index (χ1v) is 5.47. The lowest BCUT2D eigenvalue weighted by Gasteiger charge is -2.12. The molecule has 0 aliphatic carbocycles. The normalized spacial score (nSPS) is 12.0. The molecule has 1 nitrogen and oxygen atoms in total. The highest BCUT2D eigenvalue weighted by atomic mass is 32.2. The van der Waals surface area contributed by atoms with Crippen molar-refractivity contribution in [2.24, 2.45) is 0 Å². The lowest BCUT2D eigenvalue weighted by molar-refractivity contribution is 0.469. The number of phenols is 1. The molecular formula is C12H14OS. The molecule has 0 bridgehead atoms. The smallest absolute Gasteiger partial charge is 0.120 e. The molecule has 0 heterocycles. The summed E-state index contributed by atoms with van der Waals surface area (Å²) in [5.74, 6) is 1.18. The SMILES string of the molecule is C=CCSC(C=C)c1ccccc1O. The fourth-order valence-corrected chi connectivity index (χ4v) is 2.04. The summed E-state index contributed by atoms with van der Waals surface area (Å²) >= 11 is 1.69. The molecule has 0 aliphatic rings. The second kappa shape index (κ2) is 5.55. The molecule has 74 valence electrons. The van der Waals surface area contributed by atoms with Crippen LogP contribution in [0.15, 0.2) is 49.6 Å². The molecule has 0 amide bonds. The summed E-state index contributed by atoms with van der Waals surface area (Å²) < 4.78 is 0. The Labute approximate surface area is 89.2 Å². The first-order valence-electron chi connectivity index (χ1n) is 4.42. The van der Waals surface area contributed by atoms with Crippen molar-refractivity contribution in [1.82, 2.24) is 0 Å².